The van der Waals surface area contributed by atoms with Crippen LogP contribution in [0.2, 0.25) is 0 Å². The van der Waals surface area contributed by atoms with Gasteiger partial charge in [-0.3, -0.25) is 9.69 Å². The molecule has 1 fully saturated rings. The molecule has 1 N–H and O–H groups in total. The first kappa shape index (κ1) is 25.6. The highest BCUT2D eigenvalue weighted by molar-refractivity contribution is 5.86. The van der Waals surface area contributed by atoms with Crippen LogP contribution in [0.15, 0.2) is 67.3 Å². The Bertz CT molecular complexity index is 1140. The number of benzene rings is 2. The zero-order valence-electron chi connectivity index (χ0n) is 21.4. The molecular weight excluding hydrogens is 452 g/mol. The van der Waals surface area contributed by atoms with Crippen molar-refractivity contribution < 1.29 is 14.3 Å². The van der Waals surface area contributed by atoms with Gasteiger partial charge in [-0.15, -0.1) is 0 Å². The van der Waals surface area contributed by atoms with Gasteiger partial charge in [0.15, 0.2) is 0 Å². The quantitative estimate of drug-likeness (QED) is 0.457. The molecule has 1 saturated heterocycles. The SMILES string of the molecule is Cc1c(CN2CCCC(C(=O)N[C@H](Cn3ccnc3)C(=O)OC(C)C)C2)cccc1-c1ccccc1. The van der Waals surface area contributed by atoms with Crippen molar-refractivity contribution in [3.63, 3.8) is 0 Å². The summed E-state index contributed by atoms with van der Waals surface area (Å²) in [5, 5.41) is 2.97. The number of esters is 1. The van der Waals surface area contributed by atoms with Gasteiger partial charge in [-0.05, 0) is 62.4 Å². The minimum atomic E-state index is -0.755. The standard InChI is InChI=1S/C29H36N4O3/c1-21(2)36-29(35)27(19-33-16-14-30-20-33)31-28(34)25-12-8-15-32(18-25)17-24-11-7-13-26(22(24)3)23-9-5-4-6-10-23/h4-7,9-11,13-14,16,20-21,25,27H,8,12,15,17-19H2,1-3H3,(H,31,34)/t25?,27-/m1/s1. The van der Waals surface area contributed by atoms with E-state index in [1.807, 2.05) is 19.9 Å². The van der Waals surface area contributed by atoms with Gasteiger partial charge < -0.3 is 14.6 Å². The lowest BCUT2D eigenvalue weighted by Gasteiger charge is -2.33. The number of amides is 1. The fourth-order valence-corrected chi connectivity index (χ4v) is 4.83. The average Bonchev–Trinajstić information content (AvgIpc) is 3.38. The number of nitrogens with zero attached hydrogens (tertiary/aromatic N) is 3. The normalized spacial score (nSPS) is 17.1. The number of carbonyl (C=O) groups excluding carboxylic acids is 2. The van der Waals surface area contributed by atoms with Crippen molar-refractivity contribution in [1.82, 2.24) is 19.8 Å². The average molecular weight is 489 g/mol. The van der Waals surface area contributed by atoms with Gasteiger partial charge in [0, 0.05) is 25.5 Å². The molecule has 2 atom stereocenters. The van der Waals surface area contributed by atoms with E-state index in [4.69, 9.17) is 4.74 Å². The number of ether oxygens (including phenoxy) is 1. The van der Waals surface area contributed by atoms with Crippen molar-refractivity contribution >= 4 is 11.9 Å². The Kier molecular flexibility index (Phi) is 8.54. The molecule has 0 radical (unpaired) electrons. The summed E-state index contributed by atoms with van der Waals surface area (Å²) in [4.78, 5) is 32.4. The third-order valence-electron chi connectivity index (χ3n) is 6.71. The lowest BCUT2D eigenvalue weighted by Crippen LogP contribution is -2.50. The van der Waals surface area contributed by atoms with Crippen LogP contribution in [0.4, 0.5) is 0 Å². The van der Waals surface area contributed by atoms with Crippen LogP contribution in [0.25, 0.3) is 11.1 Å². The van der Waals surface area contributed by atoms with Gasteiger partial charge in [-0.25, -0.2) is 9.78 Å². The van der Waals surface area contributed by atoms with Crippen molar-refractivity contribution in [2.24, 2.45) is 5.92 Å². The summed E-state index contributed by atoms with van der Waals surface area (Å²) in [5.41, 5.74) is 5.00. The molecule has 2 heterocycles. The minimum Gasteiger partial charge on any atom is -0.461 e. The van der Waals surface area contributed by atoms with Gasteiger partial charge in [0.1, 0.15) is 6.04 Å². The van der Waals surface area contributed by atoms with E-state index in [0.29, 0.717) is 13.1 Å². The maximum atomic E-state index is 13.3. The molecule has 3 aromatic rings. The molecule has 1 unspecified atom stereocenters. The summed E-state index contributed by atoms with van der Waals surface area (Å²) in [6, 6.07) is 16.1. The van der Waals surface area contributed by atoms with Crippen LogP contribution in [-0.4, -0.2) is 51.6 Å². The van der Waals surface area contributed by atoms with E-state index in [1.54, 1.807) is 23.3 Å². The van der Waals surface area contributed by atoms with Gasteiger partial charge >= 0.3 is 5.97 Å². The number of carbonyl (C=O) groups is 2. The monoisotopic (exact) mass is 488 g/mol. The molecule has 1 aliphatic rings. The predicted molar refractivity (Wildman–Crippen MR) is 140 cm³/mol. The van der Waals surface area contributed by atoms with Gasteiger partial charge in [0.25, 0.3) is 0 Å². The van der Waals surface area contributed by atoms with Gasteiger partial charge in [0.05, 0.1) is 24.9 Å². The van der Waals surface area contributed by atoms with Crippen molar-refractivity contribution in [3.05, 3.63) is 78.4 Å². The maximum Gasteiger partial charge on any atom is 0.330 e. The van der Waals surface area contributed by atoms with Crippen molar-refractivity contribution in [2.75, 3.05) is 13.1 Å². The van der Waals surface area contributed by atoms with Gasteiger partial charge in [-0.1, -0.05) is 48.5 Å². The first-order valence-corrected chi connectivity index (χ1v) is 12.7. The number of hydrogen-bond acceptors (Lipinski definition) is 5. The number of piperidine rings is 1. The zero-order valence-corrected chi connectivity index (χ0v) is 21.4. The highest BCUT2D eigenvalue weighted by atomic mass is 16.5. The third-order valence-corrected chi connectivity index (χ3v) is 6.71. The molecule has 0 saturated carbocycles. The Morgan fingerprint density at radius 1 is 1.14 bits per heavy atom. The fourth-order valence-electron chi connectivity index (χ4n) is 4.83. The lowest BCUT2D eigenvalue weighted by molar-refractivity contribution is -0.152. The Hall–Kier alpha value is -3.45. The molecular formula is C29H36N4O3. The number of imidazole rings is 1. The summed E-state index contributed by atoms with van der Waals surface area (Å²) < 4.78 is 7.19. The van der Waals surface area contributed by atoms with Crippen molar-refractivity contribution in [3.8, 4) is 11.1 Å². The van der Waals surface area contributed by atoms with Crippen LogP contribution >= 0.6 is 0 Å². The maximum absolute atomic E-state index is 13.3. The van der Waals surface area contributed by atoms with Crippen LogP contribution in [-0.2, 0) is 27.4 Å². The number of likely N-dealkylation sites (tertiary alicyclic amines) is 1. The summed E-state index contributed by atoms with van der Waals surface area (Å²) in [5.74, 6) is -0.693. The van der Waals surface area contributed by atoms with E-state index < -0.39 is 12.0 Å². The van der Waals surface area contributed by atoms with Crippen LogP contribution in [0.1, 0.15) is 37.8 Å². The molecule has 7 nitrogen and oxygen atoms in total. The van der Waals surface area contributed by atoms with E-state index >= 15 is 0 Å². The van der Waals surface area contributed by atoms with E-state index in [-0.39, 0.29) is 17.9 Å². The second-order valence-corrected chi connectivity index (χ2v) is 9.84. The predicted octanol–water partition coefficient (Wildman–Crippen LogP) is 4.21. The van der Waals surface area contributed by atoms with E-state index in [9.17, 15) is 9.59 Å². The minimum absolute atomic E-state index is 0.0970. The molecule has 0 bridgehead atoms. The van der Waals surface area contributed by atoms with Crippen LogP contribution in [0, 0.1) is 12.8 Å². The Labute approximate surface area is 213 Å². The van der Waals surface area contributed by atoms with Crippen LogP contribution < -0.4 is 5.32 Å². The Balaban J connectivity index is 1.41. The topological polar surface area (TPSA) is 76.5 Å². The largest absolute Gasteiger partial charge is 0.461 e. The summed E-state index contributed by atoms with van der Waals surface area (Å²) in [7, 11) is 0. The second-order valence-electron chi connectivity index (χ2n) is 9.84. The molecule has 7 heteroatoms. The molecule has 0 aliphatic carbocycles. The molecule has 0 spiro atoms. The highest BCUT2D eigenvalue weighted by Crippen LogP contribution is 2.27. The zero-order chi connectivity index (χ0) is 25.5. The van der Waals surface area contributed by atoms with Crippen molar-refractivity contribution in [2.45, 2.75) is 58.8 Å². The summed E-state index contributed by atoms with van der Waals surface area (Å²) >= 11 is 0. The van der Waals surface area contributed by atoms with Crippen molar-refractivity contribution in [1.29, 1.82) is 0 Å². The summed E-state index contributed by atoms with van der Waals surface area (Å²) in [6.07, 6.45) is 6.56. The fraction of sp³-hybridized carbons (Fsp3) is 0.414. The first-order chi connectivity index (χ1) is 17.4. The lowest BCUT2D eigenvalue weighted by atomic mass is 9.94. The number of rotatable bonds is 9. The van der Waals surface area contributed by atoms with Crippen LogP contribution in [0.5, 0.6) is 0 Å². The Morgan fingerprint density at radius 2 is 1.94 bits per heavy atom. The molecule has 1 amide bonds. The summed E-state index contributed by atoms with van der Waals surface area (Å²) in [6.45, 7) is 8.49. The molecule has 2 aromatic carbocycles. The first-order valence-electron chi connectivity index (χ1n) is 12.7. The smallest absolute Gasteiger partial charge is 0.330 e. The molecule has 190 valence electrons. The Morgan fingerprint density at radius 3 is 2.67 bits per heavy atom. The highest BCUT2D eigenvalue weighted by Gasteiger charge is 2.30. The second kappa shape index (κ2) is 12.0. The third kappa shape index (κ3) is 6.61. The molecule has 4 rings (SSSR count). The molecule has 1 aliphatic heterocycles. The molecule has 1 aromatic heterocycles. The van der Waals surface area contributed by atoms with Gasteiger partial charge in [0.2, 0.25) is 5.91 Å². The molecule has 36 heavy (non-hydrogen) atoms. The number of hydrogen-bond donors (Lipinski definition) is 1. The van der Waals surface area contributed by atoms with E-state index in [2.05, 4.69) is 64.6 Å². The van der Waals surface area contributed by atoms with E-state index in [0.717, 1.165) is 25.9 Å². The van der Waals surface area contributed by atoms with Gasteiger partial charge in [-0.2, -0.15) is 0 Å². The van der Waals surface area contributed by atoms with Crippen LogP contribution in [0.3, 0.4) is 0 Å². The number of nitrogens with one attached hydrogen (secondary N) is 1. The van der Waals surface area contributed by atoms with E-state index in [1.165, 1.54) is 22.3 Å². The number of aromatic nitrogens is 2.